The minimum atomic E-state index is -4.38. The third-order valence-electron chi connectivity index (χ3n) is 2.93. The molecule has 122 valence electrons. The second kappa shape index (κ2) is 7.08. The van der Waals surface area contributed by atoms with Crippen LogP contribution in [0.2, 0.25) is 0 Å². The molecule has 1 unspecified atom stereocenters. The van der Waals surface area contributed by atoms with E-state index in [2.05, 4.69) is 20.0 Å². The van der Waals surface area contributed by atoms with E-state index in [-0.39, 0.29) is 23.4 Å². The molecule has 0 saturated heterocycles. The SMILES string of the molecule is CC(NC(=O)c1cnccn1)c1ccc(OCC(F)(F)F)cc1. The molecule has 0 bridgehead atoms. The minimum absolute atomic E-state index is 0.110. The van der Waals surface area contributed by atoms with Gasteiger partial charge in [0.2, 0.25) is 0 Å². The number of halogens is 3. The smallest absolute Gasteiger partial charge is 0.422 e. The summed E-state index contributed by atoms with van der Waals surface area (Å²) in [5, 5.41) is 2.73. The first-order valence-electron chi connectivity index (χ1n) is 6.71. The normalized spacial score (nSPS) is 12.5. The molecule has 5 nitrogen and oxygen atoms in total. The zero-order valence-electron chi connectivity index (χ0n) is 12.2. The Balaban J connectivity index is 1.95. The van der Waals surface area contributed by atoms with Crippen LogP contribution in [0.5, 0.6) is 5.75 Å². The molecule has 1 N–H and O–H groups in total. The predicted octanol–water partition coefficient (Wildman–Crippen LogP) is 2.91. The summed E-state index contributed by atoms with van der Waals surface area (Å²) in [7, 11) is 0. The molecule has 1 heterocycles. The third-order valence-corrected chi connectivity index (χ3v) is 2.93. The Morgan fingerprint density at radius 1 is 1.26 bits per heavy atom. The lowest BCUT2D eigenvalue weighted by molar-refractivity contribution is -0.153. The van der Waals surface area contributed by atoms with Gasteiger partial charge in [-0.3, -0.25) is 9.78 Å². The van der Waals surface area contributed by atoms with Crippen molar-refractivity contribution >= 4 is 5.91 Å². The number of aromatic nitrogens is 2. The molecule has 1 amide bonds. The van der Waals surface area contributed by atoms with Crippen molar-refractivity contribution in [3.63, 3.8) is 0 Å². The van der Waals surface area contributed by atoms with Crippen LogP contribution in [0.15, 0.2) is 42.9 Å². The second-order valence-corrected chi connectivity index (χ2v) is 4.76. The van der Waals surface area contributed by atoms with Gasteiger partial charge in [-0.15, -0.1) is 0 Å². The Labute approximate surface area is 130 Å². The van der Waals surface area contributed by atoms with E-state index >= 15 is 0 Å². The molecule has 0 radical (unpaired) electrons. The number of rotatable bonds is 5. The maximum absolute atomic E-state index is 12.1. The summed E-state index contributed by atoms with van der Waals surface area (Å²) in [6.07, 6.45) is -0.168. The van der Waals surface area contributed by atoms with Crippen molar-refractivity contribution < 1.29 is 22.7 Å². The largest absolute Gasteiger partial charge is 0.484 e. The fraction of sp³-hybridized carbons (Fsp3) is 0.267. The number of nitrogens with zero attached hydrogens (tertiary/aromatic N) is 2. The Bertz CT molecular complexity index is 645. The molecular formula is C15H14F3N3O2. The Kier molecular flexibility index (Phi) is 5.15. The number of ether oxygens (including phenoxy) is 1. The Hall–Kier alpha value is -2.64. The average molecular weight is 325 g/mol. The van der Waals surface area contributed by atoms with E-state index in [1.807, 2.05) is 0 Å². The Morgan fingerprint density at radius 2 is 1.96 bits per heavy atom. The van der Waals surface area contributed by atoms with E-state index in [4.69, 9.17) is 0 Å². The molecule has 0 aliphatic heterocycles. The second-order valence-electron chi connectivity index (χ2n) is 4.76. The lowest BCUT2D eigenvalue weighted by Gasteiger charge is -2.15. The highest BCUT2D eigenvalue weighted by Crippen LogP contribution is 2.21. The molecule has 1 aromatic heterocycles. The zero-order valence-corrected chi connectivity index (χ0v) is 12.2. The van der Waals surface area contributed by atoms with E-state index < -0.39 is 12.8 Å². The summed E-state index contributed by atoms with van der Waals surface area (Å²) in [5.41, 5.74) is 0.908. The van der Waals surface area contributed by atoms with Gasteiger partial charge < -0.3 is 10.1 Å². The fourth-order valence-corrected chi connectivity index (χ4v) is 1.79. The predicted molar refractivity (Wildman–Crippen MR) is 75.9 cm³/mol. The van der Waals surface area contributed by atoms with Gasteiger partial charge in [0, 0.05) is 12.4 Å². The van der Waals surface area contributed by atoms with E-state index in [0.717, 1.165) is 5.56 Å². The summed E-state index contributed by atoms with van der Waals surface area (Å²) >= 11 is 0. The molecule has 0 aliphatic rings. The molecule has 8 heteroatoms. The number of alkyl halides is 3. The van der Waals surface area contributed by atoms with Crippen molar-refractivity contribution in [2.75, 3.05) is 6.61 Å². The highest BCUT2D eigenvalue weighted by Gasteiger charge is 2.28. The number of carbonyl (C=O) groups excluding carboxylic acids is 1. The van der Waals surface area contributed by atoms with E-state index in [1.165, 1.54) is 30.7 Å². The number of hydrogen-bond acceptors (Lipinski definition) is 4. The molecule has 0 spiro atoms. The molecule has 0 fully saturated rings. The quantitative estimate of drug-likeness (QED) is 0.918. The highest BCUT2D eigenvalue weighted by atomic mass is 19.4. The minimum Gasteiger partial charge on any atom is -0.484 e. The van der Waals surface area contributed by atoms with Crippen LogP contribution >= 0.6 is 0 Å². The first-order valence-corrected chi connectivity index (χ1v) is 6.71. The van der Waals surface area contributed by atoms with E-state index in [1.54, 1.807) is 19.1 Å². The maximum atomic E-state index is 12.1. The van der Waals surface area contributed by atoms with Crippen molar-refractivity contribution in [1.29, 1.82) is 0 Å². The first kappa shape index (κ1) is 16.7. The number of hydrogen-bond donors (Lipinski definition) is 1. The van der Waals surface area contributed by atoms with Gasteiger partial charge in [-0.2, -0.15) is 13.2 Å². The van der Waals surface area contributed by atoms with E-state index in [0.29, 0.717) is 0 Å². The van der Waals surface area contributed by atoms with Crippen molar-refractivity contribution in [2.45, 2.75) is 19.1 Å². The van der Waals surface area contributed by atoms with E-state index in [9.17, 15) is 18.0 Å². The summed E-state index contributed by atoms with van der Waals surface area (Å²) in [4.78, 5) is 19.6. The van der Waals surface area contributed by atoms with Gasteiger partial charge in [-0.1, -0.05) is 12.1 Å². The molecule has 2 rings (SSSR count). The number of benzene rings is 1. The highest BCUT2D eigenvalue weighted by molar-refractivity contribution is 5.92. The van der Waals surface area contributed by atoms with Crippen LogP contribution in [-0.2, 0) is 0 Å². The molecule has 0 aliphatic carbocycles. The summed E-state index contributed by atoms with van der Waals surface area (Å²) in [6, 6.07) is 5.68. The fourth-order valence-electron chi connectivity index (χ4n) is 1.79. The average Bonchev–Trinajstić information content (AvgIpc) is 2.53. The lowest BCUT2D eigenvalue weighted by atomic mass is 10.1. The topological polar surface area (TPSA) is 64.1 Å². The van der Waals surface area contributed by atoms with Crippen LogP contribution in [0.4, 0.5) is 13.2 Å². The number of carbonyl (C=O) groups is 1. The molecule has 0 saturated carbocycles. The van der Waals surface area contributed by atoms with Crippen LogP contribution in [0.25, 0.3) is 0 Å². The molecule has 2 aromatic rings. The summed E-state index contributed by atoms with van der Waals surface area (Å²) in [6.45, 7) is 0.408. The van der Waals surface area contributed by atoms with Crippen molar-refractivity contribution in [3.05, 3.63) is 54.1 Å². The monoisotopic (exact) mass is 325 g/mol. The lowest BCUT2D eigenvalue weighted by Crippen LogP contribution is -2.27. The molecule has 1 atom stereocenters. The molecule has 1 aromatic carbocycles. The van der Waals surface area contributed by atoms with Gasteiger partial charge in [-0.05, 0) is 24.6 Å². The van der Waals surface area contributed by atoms with Gasteiger partial charge >= 0.3 is 6.18 Å². The van der Waals surface area contributed by atoms with Crippen LogP contribution in [-0.4, -0.2) is 28.7 Å². The van der Waals surface area contributed by atoms with Gasteiger partial charge in [-0.25, -0.2) is 4.98 Å². The van der Waals surface area contributed by atoms with Crippen LogP contribution < -0.4 is 10.1 Å². The van der Waals surface area contributed by atoms with Crippen molar-refractivity contribution in [1.82, 2.24) is 15.3 Å². The number of amides is 1. The third kappa shape index (κ3) is 5.24. The first-order chi connectivity index (χ1) is 10.8. The molecule has 23 heavy (non-hydrogen) atoms. The Morgan fingerprint density at radius 3 is 2.52 bits per heavy atom. The summed E-state index contributed by atoms with van der Waals surface area (Å²) < 4.78 is 40.8. The van der Waals surface area contributed by atoms with Gasteiger partial charge in [0.15, 0.2) is 6.61 Å². The van der Waals surface area contributed by atoms with Gasteiger partial charge in [0.1, 0.15) is 11.4 Å². The van der Waals surface area contributed by atoms with Gasteiger partial charge in [0.05, 0.1) is 12.2 Å². The van der Waals surface area contributed by atoms with Crippen LogP contribution in [0.3, 0.4) is 0 Å². The van der Waals surface area contributed by atoms with Gasteiger partial charge in [0.25, 0.3) is 5.91 Å². The van der Waals surface area contributed by atoms with Crippen LogP contribution in [0, 0.1) is 0 Å². The van der Waals surface area contributed by atoms with Crippen LogP contribution in [0.1, 0.15) is 29.0 Å². The number of nitrogens with one attached hydrogen (secondary N) is 1. The van der Waals surface area contributed by atoms with Crippen molar-refractivity contribution in [2.24, 2.45) is 0 Å². The van der Waals surface area contributed by atoms with Crippen molar-refractivity contribution in [3.8, 4) is 5.75 Å². The standard InChI is InChI=1S/C15H14F3N3O2/c1-10(21-14(22)13-8-19-6-7-20-13)11-2-4-12(5-3-11)23-9-15(16,17)18/h2-8,10H,9H2,1H3,(H,21,22). The summed E-state index contributed by atoms with van der Waals surface area (Å²) in [5.74, 6) is -0.276. The zero-order chi connectivity index (χ0) is 16.9. The molecular weight excluding hydrogens is 311 g/mol. The maximum Gasteiger partial charge on any atom is 0.422 e.